The number of ether oxygens (including phenoxy) is 2. The minimum atomic E-state index is -2.52. The lowest BCUT2D eigenvalue weighted by atomic mass is 9.94. The van der Waals surface area contributed by atoms with Gasteiger partial charge in [0, 0.05) is 42.7 Å². The zero-order valence-electron chi connectivity index (χ0n) is 13.5. The van der Waals surface area contributed by atoms with Crippen LogP contribution in [-0.4, -0.2) is 53.3 Å². The summed E-state index contributed by atoms with van der Waals surface area (Å²) in [6.45, 7) is 0.722. The van der Waals surface area contributed by atoms with Crippen LogP contribution in [-0.2, 0) is 16.0 Å². The molecule has 4 rings (SSSR count). The Morgan fingerprint density at radius 3 is 2.88 bits per heavy atom. The van der Waals surface area contributed by atoms with Crippen molar-refractivity contribution in [2.45, 2.75) is 44.0 Å². The van der Waals surface area contributed by atoms with Gasteiger partial charge in [0.05, 0.1) is 25.3 Å². The van der Waals surface area contributed by atoms with Gasteiger partial charge in [-0.05, 0) is 12.1 Å². The van der Waals surface area contributed by atoms with E-state index in [0.717, 1.165) is 0 Å². The molecular formula is C17H19F2N3O3. The first-order chi connectivity index (χ1) is 12.1. The standard InChI is InChI=1S/C17H19F2N3O3/c18-15(19)7-22-6-14(13-2-1-3-20-16(13)22)17(23)25-12-4-10-8-24-9-11(5-12)21-10/h1-3,6,10-12,15,21H,4-5,7-9H2/t10-,11+,12-. The normalized spacial score (nSPS) is 26.1. The number of fused-ring (bicyclic) bond motifs is 3. The molecule has 134 valence electrons. The second-order valence-electron chi connectivity index (χ2n) is 6.56. The Morgan fingerprint density at radius 2 is 2.16 bits per heavy atom. The fourth-order valence-electron chi connectivity index (χ4n) is 3.67. The van der Waals surface area contributed by atoms with Crippen LogP contribution >= 0.6 is 0 Å². The second-order valence-corrected chi connectivity index (χ2v) is 6.56. The molecule has 2 bridgehead atoms. The van der Waals surface area contributed by atoms with Gasteiger partial charge in [0.15, 0.2) is 0 Å². The quantitative estimate of drug-likeness (QED) is 0.854. The van der Waals surface area contributed by atoms with E-state index >= 15 is 0 Å². The molecule has 25 heavy (non-hydrogen) atoms. The summed E-state index contributed by atoms with van der Waals surface area (Å²) in [5, 5.41) is 3.97. The van der Waals surface area contributed by atoms with Gasteiger partial charge >= 0.3 is 5.97 Å². The highest BCUT2D eigenvalue weighted by atomic mass is 19.3. The number of esters is 1. The largest absolute Gasteiger partial charge is 0.459 e. The summed E-state index contributed by atoms with van der Waals surface area (Å²) in [4.78, 5) is 16.8. The van der Waals surface area contributed by atoms with Crippen molar-refractivity contribution in [3.05, 3.63) is 30.1 Å². The van der Waals surface area contributed by atoms with Crippen molar-refractivity contribution in [1.82, 2.24) is 14.9 Å². The Morgan fingerprint density at radius 1 is 1.40 bits per heavy atom. The summed E-state index contributed by atoms with van der Waals surface area (Å²) in [6.07, 6.45) is 1.60. The van der Waals surface area contributed by atoms with E-state index in [4.69, 9.17) is 9.47 Å². The maximum Gasteiger partial charge on any atom is 0.340 e. The molecule has 3 atom stereocenters. The molecule has 2 aromatic rings. The second kappa shape index (κ2) is 6.68. The number of carbonyl (C=O) groups is 1. The molecule has 2 aliphatic rings. The number of carbonyl (C=O) groups excluding carboxylic acids is 1. The number of piperidine rings is 1. The third kappa shape index (κ3) is 3.36. The third-order valence-corrected chi connectivity index (χ3v) is 4.67. The Kier molecular flexibility index (Phi) is 4.39. The molecular weight excluding hydrogens is 332 g/mol. The molecule has 0 aromatic carbocycles. The molecule has 0 aliphatic carbocycles. The number of nitrogens with one attached hydrogen (secondary N) is 1. The zero-order valence-corrected chi connectivity index (χ0v) is 13.5. The monoisotopic (exact) mass is 351 g/mol. The van der Waals surface area contributed by atoms with E-state index < -0.39 is 18.9 Å². The third-order valence-electron chi connectivity index (χ3n) is 4.67. The van der Waals surface area contributed by atoms with Gasteiger partial charge in [-0.3, -0.25) is 0 Å². The number of pyridine rings is 1. The van der Waals surface area contributed by atoms with Crippen LogP contribution < -0.4 is 5.32 Å². The summed E-state index contributed by atoms with van der Waals surface area (Å²) >= 11 is 0. The first-order valence-electron chi connectivity index (χ1n) is 8.37. The van der Waals surface area contributed by atoms with Crippen molar-refractivity contribution in [2.24, 2.45) is 0 Å². The number of hydrogen-bond acceptors (Lipinski definition) is 5. The van der Waals surface area contributed by atoms with E-state index in [2.05, 4.69) is 10.3 Å². The highest BCUT2D eigenvalue weighted by Gasteiger charge is 2.34. The number of nitrogens with zero attached hydrogens (tertiary/aromatic N) is 2. The number of halogens is 2. The molecule has 4 heterocycles. The van der Waals surface area contributed by atoms with E-state index in [-0.39, 0.29) is 23.8 Å². The minimum Gasteiger partial charge on any atom is -0.459 e. The summed E-state index contributed by atoms with van der Waals surface area (Å²) in [6, 6.07) is 3.75. The van der Waals surface area contributed by atoms with E-state index in [1.807, 2.05) is 0 Å². The molecule has 0 radical (unpaired) electrons. The van der Waals surface area contributed by atoms with Gasteiger partial charge in [0.25, 0.3) is 6.43 Å². The number of alkyl halides is 2. The average Bonchev–Trinajstić information content (AvgIpc) is 2.93. The van der Waals surface area contributed by atoms with Gasteiger partial charge < -0.3 is 19.4 Å². The first kappa shape index (κ1) is 16.4. The van der Waals surface area contributed by atoms with Crippen molar-refractivity contribution in [3.8, 4) is 0 Å². The summed E-state index contributed by atoms with van der Waals surface area (Å²) in [5.41, 5.74) is 0.647. The summed E-state index contributed by atoms with van der Waals surface area (Å²) < 4.78 is 38.0. The lowest BCUT2D eigenvalue weighted by molar-refractivity contribution is -0.0339. The minimum absolute atomic E-state index is 0.187. The van der Waals surface area contributed by atoms with Crippen LogP contribution in [0.5, 0.6) is 0 Å². The maximum absolute atomic E-state index is 12.8. The van der Waals surface area contributed by atoms with E-state index in [0.29, 0.717) is 37.1 Å². The summed E-state index contributed by atoms with van der Waals surface area (Å²) in [7, 11) is 0. The lowest BCUT2D eigenvalue weighted by Gasteiger charge is -2.39. The first-order valence-corrected chi connectivity index (χ1v) is 8.37. The number of hydrogen-bond donors (Lipinski definition) is 1. The fraction of sp³-hybridized carbons (Fsp3) is 0.529. The molecule has 0 saturated carbocycles. The molecule has 2 fully saturated rings. The molecule has 1 N–H and O–H groups in total. The molecule has 6 nitrogen and oxygen atoms in total. The van der Waals surface area contributed by atoms with Crippen LogP contribution in [0.4, 0.5) is 8.78 Å². The fourth-order valence-corrected chi connectivity index (χ4v) is 3.67. The molecule has 2 aromatic heterocycles. The highest BCUT2D eigenvalue weighted by molar-refractivity contribution is 6.03. The molecule has 8 heteroatoms. The van der Waals surface area contributed by atoms with E-state index in [1.54, 1.807) is 12.1 Å². The molecule has 2 saturated heterocycles. The van der Waals surface area contributed by atoms with Crippen LogP contribution in [0.15, 0.2) is 24.5 Å². The Balaban J connectivity index is 1.55. The van der Waals surface area contributed by atoms with E-state index in [1.165, 1.54) is 17.0 Å². The van der Waals surface area contributed by atoms with Crippen LogP contribution in [0.1, 0.15) is 23.2 Å². The van der Waals surface area contributed by atoms with Crippen LogP contribution in [0.2, 0.25) is 0 Å². The Bertz CT molecular complexity index is 768. The van der Waals surface area contributed by atoms with Gasteiger partial charge in [-0.2, -0.15) is 0 Å². The van der Waals surface area contributed by atoms with Crippen molar-refractivity contribution in [2.75, 3.05) is 13.2 Å². The molecule has 2 aliphatic heterocycles. The van der Waals surface area contributed by atoms with Crippen molar-refractivity contribution in [1.29, 1.82) is 0 Å². The maximum atomic E-state index is 12.8. The van der Waals surface area contributed by atoms with Gasteiger partial charge in [-0.15, -0.1) is 0 Å². The van der Waals surface area contributed by atoms with Crippen LogP contribution in [0.3, 0.4) is 0 Å². The smallest absolute Gasteiger partial charge is 0.340 e. The molecule has 0 amide bonds. The SMILES string of the molecule is O=C(O[C@H]1C[C@H]2COC[C@@H](C1)N2)c1cn(CC(F)F)c2ncccc12. The van der Waals surface area contributed by atoms with Gasteiger partial charge in [-0.25, -0.2) is 18.6 Å². The van der Waals surface area contributed by atoms with Crippen molar-refractivity contribution < 1.29 is 23.0 Å². The highest BCUT2D eigenvalue weighted by Crippen LogP contribution is 2.25. The number of aromatic nitrogens is 2. The van der Waals surface area contributed by atoms with Gasteiger partial charge in [0.1, 0.15) is 11.8 Å². The molecule has 0 unspecified atom stereocenters. The predicted molar refractivity (Wildman–Crippen MR) is 85.7 cm³/mol. The van der Waals surface area contributed by atoms with Crippen molar-refractivity contribution in [3.63, 3.8) is 0 Å². The van der Waals surface area contributed by atoms with Gasteiger partial charge in [-0.1, -0.05) is 0 Å². The van der Waals surface area contributed by atoms with Crippen LogP contribution in [0.25, 0.3) is 11.0 Å². The number of morpholine rings is 1. The van der Waals surface area contributed by atoms with Crippen LogP contribution in [0, 0.1) is 0 Å². The lowest BCUT2D eigenvalue weighted by Crippen LogP contribution is -2.56. The Labute approximate surface area is 143 Å². The average molecular weight is 351 g/mol. The number of rotatable bonds is 4. The summed E-state index contributed by atoms with van der Waals surface area (Å²) in [5.74, 6) is -0.489. The van der Waals surface area contributed by atoms with E-state index in [9.17, 15) is 13.6 Å². The molecule has 0 spiro atoms. The predicted octanol–water partition coefficient (Wildman–Crippen LogP) is 1.98. The zero-order chi connectivity index (χ0) is 17.4. The van der Waals surface area contributed by atoms with Gasteiger partial charge in [0.2, 0.25) is 0 Å². The Hall–Kier alpha value is -2.06. The topological polar surface area (TPSA) is 65.4 Å². The van der Waals surface area contributed by atoms with Crippen molar-refractivity contribution >= 4 is 17.0 Å².